The highest BCUT2D eigenvalue weighted by atomic mass is 16.5. The molecule has 0 spiro atoms. The van der Waals surface area contributed by atoms with E-state index in [0.717, 1.165) is 22.3 Å². The minimum atomic E-state index is -1.37. The fraction of sp³-hybridized carbons (Fsp3) is 0.462. The number of carboxylic acid groups (broad SMARTS) is 1. The van der Waals surface area contributed by atoms with Crippen LogP contribution in [-0.2, 0) is 14.3 Å². The van der Waals surface area contributed by atoms with Gasteiger partial charge in [0.2, 0.25) is 0 Å². The Kier molecular flexibility index (Phi) is 8.63. The molecular formula is C26H35NO6. The molecule has 0 saturated heterocycles. The van der Waals surface area contributed by atoms with Crippen LogP contribution in [0.3, 0.4) is 0 Å². The van der Waals surface area contributed by atoms with Gasteiger partial charge in [0.25, 0.3) is 0 Å². The number of ether oxygens (including phenoxy) is 2. The highest BCUT2D eigenvalue weighted by molar-refractivity contribution is 5.81. The van der Waals surface area contributed by atoms with Gasteiger partial charge in [-0.25, -0.2) is 9.59 Å². The Balaban J connectivity index is 0.000000365. The number of hydrogen-bond acceptors (Lipinski definition) is 5. The van der Waals surface area contributed by atoms with Gasteiger partial charge in [-0.15, -0.1) is 0 Å². The fourth-order valence-corrected chi connectivity index (χ4v) is 3.89. The molecule has 0 aliphatic heterocycles. The smallest absolute Gasteiger partial charge is 0.407 e. The molecule has 0 fully saturated rings. The number of carboxylic acids is 1. The second-order valence-corrected chi connectivity index (χ2v) is 9.87. The Morgan fingerprint density at radius 3 is 1.73 bits per heavy atom. The molecule has 1 aliphatic carbocycles. The third kappa shape index (κ3) is 7.87. The van der Waals surface area contributed by atoms with Crippen molar-refractivity contribution in [1.29, 1.82) is 0 Å². The first-order chi connectivity index (χ1) is 15.3. The van der Waals surface area contributed by atoms with Crippen LogP contribution in [-0.4, -0.2) is 52.7 Å². The number of carbonyl (C=O) groups excluding carboxylic acids is 1. The Morgan fingerprint density at radius 2 is 1.36 bits per heavy atom. The normalized spacial score (nSPS) is 13.8. The van der Waals surface area contributed by atoms with E-state index in [0.29, 0.717) is 0 Å². The number of nitrogens with one attached hydrogen (secondary N) is 1. The molecule has 1 atom stereocenters. The molecule has 1 amide bonds. The van der Waals surface area contributed by atoms with Crippen LogP contribution in [0.4, 0.5) is 4.79 Å². The van der Waals surface area contributed by atoms with Gasteiger partial charge < -0.3 is 25.0 Å². The summed E-state index contributed by atoms with van der Waals surface area (Å²) in [5.74, 6) is -1.41. The van der Waals surface area contributed by atoms with Crippen molar-refractivity contribution in [3.63, 3.8) is 0 Å². The number of aliphatic hydroxyl groups excluding tert-OH is 1. The van der Waals surface area contributed by atoms with Crippen LogP contribution in [0.15, 0.2) is 48.5 Å². The monoisotopic (exact) mass is 457 g/mol. The van der Waals surface area contributed by atoms with Crippen molar-refractivity contribution < 1.29 is 29.3 Å². The molecule has 180 valence electrons. The van der Waals surface area contributed by atoms with Crippen LogP contribution in [0.25, 0.3) is 11.1 Å². The van der Waals surface area contributed by atoms with Gasteiger partial charge in [-0.1, -0.05) is 48.5 Å². The van der Waals surface area contributed by atoms with Gasteiger partial charge in [0.15, 0.2) is 6.04 Å². The summed E-state index contributed by atoms with van der Waals surface area (Å²) in [6.07, 6.45) is -0.863. The second-order valence-electron chi connectivity index (χ2n) is 9.87. The second kappa shape index (κ2) is 10.8. The summed E-state index contributed by atoms with van der Waals surface area (Å²) in [5, 5.41) is 19.9. The molecule has 0 heterocycles. The number of aliphatic hydroxyl groups is 1. The molecule has 7 nitrogen and oxygen atoms in total. The van der Waals surface area contributed by atoms with Crippen LogP contribution >= 0.6 is 0 Å². The first-order valence-corrected chi connectivity index (χ1v) is 11.0. The van der Waals surface area contributed by atoms with Gasteiger partial charge >= 0.3 is 12.1 Å². The molecule has 0 unspecified atom stereocenters. The molecule has 2 aromatic carbocycles. The van der Waals surface area contributed by atoms with Crippen molar-refractivity contribution in [2.75, 3.05) is 13.2 Å². The average molecular weight is 458 g/mol. The van der Waals surface area contributed by atoms with Crippen molar-refractivity contribution >= 4 is 12.1 Å². The summed E-state index contributed by atoms with van der Waals surface area (Å²) >= 11 is 0. The van der Waals surface area contributed by atoms with E-state index in [1.165, 1.54) is 0 Å². The SMILES string of the molecule is CC(C)(C)OC(C)(C)C.O=C(N[C@H](CO)C(=O)O)OCC1c2ccccc2-c2ccccc21. The molecule has 0 bridgehead atoms. The topological polar surface area (TPSA) is 105 Å². The van der Waals surface area contributed by atoms with E-state index < -0.39 is 24.7 Å². The van der Waals surface area contributed by atoms with E-state index in [9.17, 15) is 9.59 Å². The van der Waals surface area contributed by atoms with Gasteiger partial charge in [0, 0.05) is 5.92 Å². The Bertz CT molecular complexity index is 900. The number of hydrogen-bond donors (Lipinski definition) is 3. The third-order valence-electron chi connectivity index (χ3n) is 4.73. The zero-order valence-electron chi connectivity index (χ0n) is 20.2. The van der Waals surface area contributed by atoms with Crippen LogP contribution in [0, 0.1) is 0 Å². The molecule has 2 aromatic rings. The van der Waals surface area contributed by atoms with Crippen LogP contribution in [0.2, 0.25) is 0 Å². The van der Waals surface area contributed by atoms with E-state index in [-0.39, 0.29) is 23.7 Å². The molecule has 3 rings (SSSR count). The Labute approximate surface area is 195 Å². The number of carbonyl (C=O) groups is 2. The number of rotatable bonds is 5. The van der Waals surface area contributed by atoms with Gasteiger partial charge in [-0.2, -0.15) is 0 Å². The van der Waals surface area contributed by atoms with Crippen molar-refractivity contribution in [2.45, 2.75) is 64.7 Å². The van der Waals surface area contributed by atoms with Crippen molar-refractivity contribution in [3.05, 3.63) is 59.7 Å². The van der Waals surface area contributed by atoms with E-state index >= 15 is 0 Å². The van der Waals surface area contributed by atoms with Crippen molar-refractivity contribution in [1.82, 2.24) is 5.32 Å². The number of aliphatic carboxylic acids is 1. The summed E-state index contributed by atoms with van der Waals surface area (Å²) in [7, 11) is 0. The third-order valence-corrected chi connectivity index (χ3v) is 4.73. The zero-order valence-corrected chi connectivity index (χ0v) is 20.2. The maximum absolute atomic E-state index is 11.8. The highest BCUT2D eigenvalue weighted by Gasteiger charge is 2.29. The van der Waals surface area contributed by atoms with Gasteiger partial charge in [0.05, 0.1) is 17.8 Å². The van der Waals surface area contributed by atoms with E-state index in [1.807, 2.05) is 48.5 Å². The Hall–Kier alpha value is -2.90. The standard InChI is InChI=1S/C18H17NO5.C8H18O/c20-9-16(17(21)22)19-18(23)24-10-15-13-7-3-1-5-11(13)12-6-2-4-8-14(12)15;1-7(2,3)9-8(4,5)6/h1-8,15-16,20H,9-10H2,(H,19,23)(H,21,22);1-6H3/t16-;/m1./s1. The summed E-state index contributed by atoms with van der Waals surface area (Å²) in [5.41, 5.74) is 4.34. The predicted octanol–water partition coefficient (Wildman–Crippen LogP) is 4.57. The minimum Gasteiger partial charge on any atom is -0.480 e. The lowest BCUT2D eigenvalue weighted by molar-refractivity contribution is -0.140. The quantitative estimate of drug-likeness (QED) is 0.607. The lowest BCUT2D eigenvalue weighted by atomic mass is 9.98. The number of fused-ring (bicyclic) bond motifs is 3. The molecular weight excluding hydrogens is 422 g/mol. The van der Waals surface area contributed by atoms with Gasteiger partial charge in [0.1, 0.15) is 6.61 Å². The summed E-state index contributed by atoms with van der Waals surface area (Å²) in [4.78, 5) is 22.6. The van der Waals surface area contributed by atoms with E-state index in [2.05, 4.69) is 46.9 Å². The largest absolute Gasteiger partial charge is 0.480 e. The molecule has 7 heteroatoms. The summed E-state index contributed by atoms with van der Waals surface area (Å²) < 4.78 is 10.8. The fourth-order valence-electron chi connectivity index (χ4n) is 3.89. The molecule has 33 heavy (non-hydrogen) atoms. The van der Waals surface area contributed by atoms with E-state index in [1.54, 1.807) is 0 Å². The van der Waals surface area contributed by atoms with Crippen LogP contribution in [0.1, 0.15) is 58.6 Å². The maximum atomic E-state index is 11.8. The molecule has 0 saturated carbocycles. The average Bonchev–Trinajstić information content (AvgIpc) is 3.02. The number of amides is 1. The first kappa shape index (κ1) is 26.4. The van der Waals surface area contributed by atoms with Gasteiger partial charge in [-0.3, -0.25) is 0 Å². The summed E-state index contributed by atoms with van der Waals surface area (Å²) in [6.45, 7) is 11.8. The predicted molar refractivity (Wildman–Crippen MR) is 127 cm³/mol. The lowest BCUT2D eigenvalue weighted by Gasteiger charge is -2.30. The van der Waals surface area contributed by atoms with E-state index in [4.69, 9.17) is 19.7 Å². The van der Waals surface area contributed by atoms with Gasteiger partial charge in [-0.05, 0) is 63.8 Å². The first-order valence-electron chi connectivity index (χ1n) is 11.0. The number of alkyl carbamates (subject to hydrolysis) is 1. The van der Waals surface area contributed by atoms with Crippen molar-refractivity contribution in [3.8, 4) is 11.1 Å². The minimum absolute atomic E-state index is 0.0156. The number of benzene rings is 2. The zero-order chi connectivity index (χ0) is 24.8. The Morgan fingerprint density at radius 1 is 0.909 bits per heavy atom. The molecule has 0 radical (unpaired) electrons. The van der Waals surface area contributed by atoms with Crippen LogP contribution < -0.4 is 5.32 Å². The lowest BCUT2D eigenvalue weighted by Crippen LogP contribution is -2.43. The molecule has 1 aliphatic rings. The summed E-state index contributed by atoms with van der Waals surface area (Å²) in [6, 6.07) is 14.5. The maximum Gasteiger partial charge on any atom is 0.407 e. The van der Waals surface area contributed by atoms with Crippen molar-refractivity contribution in [2.24, 2.45) is 0 Å². The van der Waals surface area contributed by atoms with Crippen LogP contribution in [0.5, 0.6) is 0 Å². The molecule has 3 N–H and O–H groups in total. The highest BCUT2D eigenvalue weighted by Crippen LogP contribution is 2.44. The molecule has 0 aromatic heterocycles.